The molecule has 3 nitrogen and oxygen atoms in total. The largest absolute Gasteiger partial charge is 0.376 e. The third-order valence-corrected chi connectivity index (χ3v) is 4.24. The van der Waals surface area contributed by atoms with Crippen molar-refractivity contribution >= 4 is 0 Å². The molecule has 0 radical (unpaired) electrons. The molecule has 2 unspecified atom stereocenters. The first-order chi connectivity index (χ1) is 8.99. The Labute approximate surface area is 120 Å². The molecule has 0 spiro atoms. The van der Waals surface area contributed by atoms with Gasteiger partial charge in [-0.15, -0.1) is 0 Å². The molecule has 114 valence electrons. The molecule has 19 heavy (non-hydrogen) atoms. The summed E-state index contributed by atoms with van der Waals surface area (Å²) in [6.45, 7) is 18.0. The lowest BCUT2D eigenvalue weighted by Gasteiger charge is -2.39. The van der Waals surface area contributed by atoms with E-state index in [4.69, 9.17) is 4.74 Å². The summed E-state index contributed by atoms with van der Waals surface area (Å²) in [4.78, 5) is 2.60. The molecule has 1 rings (SSSR count). The minimum Gasteiger partial charge on any atom is -0.376 e. The summed E-state index contributed by atoms with van der Waals surface area (Å²) in [6.07, 6.45) is 2.80. The molecule has 2 atom stereocenters. The summed E-state index contributed by atoms with van der Waals surface area (Å²) < 4.78 is 5.76. The van der Waals surface area contributed by atoms with Crippen molar-refractivity contribution in [2.75, 3.05) is 39.3 Å². The van der Waals surface area contributed by atoms with Gasteiger partial charge in [0, 0.05) is 26.2 Å². The van der Waals surface area contributed by atoms with Gasteiger partial charge in [0.1, 0.15) is 0 Å². The molecule has 0 aromatic rings. The summed E-state index contributed by atoms with van der Waals surface area (Å²) in [5, 5.41) is 3.63. The van der Waals surface area contributed by atoms with Crippen LogP contribution in [0.2, 0.25) is 0 Å². The zero-order valence-electron chi connectivity index (χ0n) is 13.7. The summed E-state index contributed by atoms with van der Waals surface area (Å²) in [6, 6.07) is 0. The number of rotatable bonds is 8. The van der Waals surface area contributed by atoms with Crippen molar-refractivity contribution in [3.8, 4) is 0 Å². The van der Waals surface area contributed by atoms with E-state index in [9.17, 15) is 0 Å². The van der Waals surface area contributed by atoms with E-state index in [0.717, 1.165) is 45.1 Å². The van der Waals surface area contributed by atoms with E-state index in [1.807, 2.05) is 0 Å². The van der Waals surface area contributed by atoms with E-state index >= 15 is 0 Å². The minimum atomic E-state index is 0.379. The maximum absolute atomic E-state index is 5.76. The number of ether oxygens (including phenoxy) is 1. The molecular weight excluding hydrogens is 236 g/mol. The summed E-state index contributed by atoms with van der Waals surface area (Å²) in [5.74, 6) is 0.731. The van der Waals surface area contributed by atoms with E-state index in [0.29, 0.717) is 11.5 Å². The number of hydrogen-bond donors (Lipinski definition) is 1. The van der Waals surface area contributed by atoms with Crippen LogP contribution in [0.4, 0.5) is 0 Å². The van der Waals surface area contributed by atoms with Gasteiger partial charge in [0.25, 0.3) is 0 Å². The number of nitrogens with zero attached hydrogens (tertiary/aromatic N) is 1. The van der Waals surface area contributed by atoms with Crippen LogP contribution in [0.5, 0.6) is 0 Å². The first-order valence-electron chi connectivity index (χ1n) is 8.03. The topological polar surface area (TPSA) is 24.5 Å². The lowest BCUT2D eigenvalue weighted by molar-refractivity contribution is -0.0413. The molecule has 1 aliphatic rings. The molecule has 0 amide bonds. The van der Waals surface area contributed by atoms with E-state index in [1.54, 1.807) is 0 Å². The van der Waals surface area contributed by atoms with Crippen molar-refractivity contribution in [3.05, 3.63) is 0 Å². The molecule has 1 aliphatic heterocycles. The van der Waals surface area contributed by atoms with Gasteiger partial charge in [0.05, 0.1) is 12.7 Å². The van der Waals surface area contributed by atoms with Crippen LogP contribution in [0.15, 0.2) is 0 Å². The molecule has 1 N–H and O–H groups in total. The SMILES string of the molecule is CCC1CN(CC(C)(CC)CNCC(C)C)CCO1. The summed E-state index contributed by atoms with van der Waals surface area (Å²) in [7, 11) is 0. The van der Waals surface area contributed by atoms with Gasteiger partial charge in [-0.05, 0) is 30.7 Å². The molecule has 1 fully saturated rings. The van der Waals surface area contributed by atoms with Crippen molar-refractivity contribution in [3.63, 3.8) is 0 Å². The zero-order chi connectivity index (χ0) is 14.3. The van der Waals surface area contributed by atoms with E-state index in [-0.39, 0.29) is 0 Å². The van der Waals surface area contributed by atoms with E-state index in [1.165, 1.54) is 13.0 Å². The monoisotopic (exact) mass is 270 g/mol. The second-order valence-electron chi connectivity index (χ2n) is 6.83. The Kier molecular flexibility index (Phi) is 7.33. The Balaban J connectivity index is 2.40. The number of morpholine rings is 1. The molecule has 0 aliphatic carbocycles. The normalized spacial score (nSPS) is 24.6. The molecule has 0 bridgehead atoms. The van der Waals surface area contributed by atoms with Gasteiger partial charge in [-0.1, -0.05) is 34.6 Å². The molecule has 3 heteroatoms. The van der Waals surface area contributed by atoms with Gasteiger partial charge < -0.3 is 10.1 Å². The molecule has 1 saturated heterocycles. The van der Waals surface area contributed by atoms with Crippen LogP contribution in [0.3, 0.4) is 0 Å². The van der Waals surface area contributed by atoms with Crippen LogP contribution in [0, 0.1) is 11.3 Å². The minimum absolute atomic E-state index is 0.379. The van der Waals surface area contributed by atoms with Crippen LogP contribution in [0.25, 0.3) is 0 Å². The first-order valence-corrected chi connectivity index (χ1v) is 8.03. The fraction of sp³-hybridized carbons (Fsp3) is 1.00. The highest BCUT2D eigenvalue weighted by Crippen LogP contribution is 2.23. The predicted molar refractivity (Wildman–Crippen MR) is 82.6 cm³/mol. The van der Waals surface area contributed by atoms with Crippen LogP contribution in [-0.4, -0.2) is 50.3 Å². The Morgan fingerprint density at radius 2 is 2.11 bits per heavy atom. The fourth-order valence-corrected chi connectivity index (χ4v) is 2.67. The maximum Gasteiger partial charge on any atom is 0.0700 e. The smallest absolute Gasteiger partial charge is 0.0700 e. The number of nitrogens with one attached hydrogen (secondary N) is 1. The van der Waals surface area contributed by atoms with Gasteiger partial charge in [0.15, 0.2) is 0 Å². The molecule has 0 aromatic heterocycles. The van der Waals surface area contributed by atoms with E-state index < -0.39 is 0 Å². The van der Waals surface area contributed by atoms with Crippen LogP contribution in [0.1, 0.15) is 47.5 Å². The fourth-order valence-electron chi connectivity index (χ4n) is 2.67. The Morgan fingerprint density at radius 1 is 1.37 bits per heavy atom. The Bertz CT molecular complexity index is 245. The second kappa shape index (κ2) is 8.23. The highest BCUT2D eigenvalue weighted by Gasteiger charge is 2.28. The second-order valence-corrected chi connectivity index (χ2v) is 6.83. The quantitative estimate of drug-likeness (QED) is 0.734. The molecule has 0 saturated carbocycles. The molecule has 0 aromatic carbocycles. The highest BCUT2D eigenvalue weighted by atomic mass is 16.5. The highest BCUT2D eigenvalue weighted by molar-refractivity contribution is 4.82. The maximum atomic E-state index is 5.76. The van der Waals surface area contributed by atoms with Crippen molar-refractivity contribution < 1.29 is 4.74 Å². The van der Waals surface area contributed by atoms with Gasteiger partial charge in [-0.3, -0.25) is 4.90 Å². The van der Waals surface area contributed by atoms with Crippen LogP contribution >= 0.6 is 0 Å². The lowest BCUT2D eigenvalue weighted by atomic mass is 9.86. The van der Waals surface area contributed by atoms with Gasteiger partial charge in [-0.2, -0.15) is 0 Å². The van der Waals surface area contributed by atoms with Crippen LogP contribution in [-0.2, 0) is 4.74 Å². The average molecular weight is 270 g/mol. The van der Waals surface area contributed by atoms with Crippen molar-refractivity contribution in [1.29, 1.82) is 0 Å². The predicted octanol–water partition coefficient (Wildman–Crippen LogP) is 2.76. The zero-order valence-corrected chi connectivity index (χ0v) is 13.7. The molecular formula is C16H34N2O. The third kappa shape index (κ3) is 6.24. The van der Waals surface area contributed by atoms with Crippen LogP contribution < -0.4 is 5.32 Å². The molecule has 1 heterocycles. The summed E-state index contributed by atoms with van der Waals surface area (Å²) in [5.41, 5.74) is 0.379. The first kappa shape index (κ1) is 16.9. The van der Waals surface area contributed by atoms with E-state index in [2.05, 4.69) is 44.8 Å². The van der Waals surface area contributed by atoms with Gasteiger partial charge >= 0.3 is 0 Å². The van der Waals surface area contributed by atoms with Gasteiger partial charge in [-0.25, -0.2) is 0 Å². The summed E-state index contributed by atoms with van der Waals surface area (Å²) >= 11 is 0. The van der Waals surface area contributed by atoms with Crippen molar-refractivity contribution in [2.24, 2.45) is 11.3 Å². The standard InChI is InChI=1S/C16H34N2O/c1-6-15-11-18(8-9-19-15)13-16(5,7-2)12-17-10-14(3)4/h14-15,17H,6-13H2,1-5H3. The third-order valence-electron chi connectivity index (χ3n) is 4.24. The van der Waals surface area contributed by atoms with Crippen molar-refractivity contribution in [2.45, 2.75) is 53.6 Å². The Morgan fingerprint density at radius 3 is 2.68 bits per heavy atom. The number of hydrogen-bond acceptors (Lipinski definition) is 3. The van der Waals surface area contributed by atoms with Crippen molar-refractivity contribution in [1.82, 2.24) is 10.2 Å². The lowest BCUT2D eigenvalue weighted by Crippen LogP contribution is -2.49. The van der Waals surface area contributed by atoms with Gasteiger partial charge in [0.2, 0.25) is 0 Å². The average Bonchev–Trinajstić information content (AvgIpc) is 2.38. The Hall–Kier alpha value is -0.120.